The Hall–Kier alpha value is -3.50. The second-order valence-electron chi connectivity index (χ2n) is 7.29. The van der Waals surface area contributed by atoms with Crippen molar-refractivity contribution in [1.29, 1.82) is 5.26 Å². The molecule has 2 aromatic carbocycles. The van der Waals surface area contributed by atoms with Gasteiger partial charge in [0, 0.05) is 40.0 Å². The molecule has 0 aliphatic carbocycles. The maximum Gasteiger partial charge on any atom is 0.348 e. The number of nitriles is 1. The molecule has 0 amide bonds. The summed E-state index contributed by atoms with van der Waals surface area (Å²) in [4.78, 5) is 28.9. The third-order valence-corrected chi connectivity index (χ3v) is 6.30. The van der Waals surface area contributed by atoms with E-state index >= 15 is 0 Å². The molecule has 1 aromatic heterocycles. The fourth-order valence-corrected chi connectivity index (χ4v) is 4.45. The first-order valence-corrected chi connectivity index (χ1v) is 11.6. The third-order valence-electron chi connectivity index (χ3n) is 5.15. The summed E-state index contributed by atoms with van der Waals surface area (Å²) in [7, 11) is 0. The van der Waals surface area contributed by atoms with Crippen LogP contribution >= 0.6 is 11.8 Å². The summed E-state index contributed by atoms with van der Waals surface area (Å²) in [5.74, 6) is -0.775. The first kappa shape index (κ1) is 24.1. The number of anilines is 1. The van der Waals surface area contributed by atoms with Crippen molar-refractivity contribution in [3.63, 3.8) is 0 Å². The Bertz CT molecular complexity index is 1280. The molecule has 0 aliphatic rings. The number of aryl methyl sites for hydroxylation is 1. The van der Waals surface area contributed by atoms with E-state index in [0.29, 0.717) is 10.5 Å². The van der Waals surface area contributed by atoms with Gasteiger partial charge in [0.15, 0.2) is 0 Å². The fraction of sp³-hybridized carbons (Fsp3) is 0.269. The monoisotopic (exact) mass is 462 g/mol. The van der Waals surface area contributed by atoms with Gasteiger partial charge in [-0.3, -0.25) is 0 Å². The van der Waals surface area contributed by atoms with Gasteiger partial charge in [-0.2, -0.15) is 5.26 Å². The summed E-state index contributed by atoms with van der Waals surface area (Å²) in [6, 6.07) is 15.5. The maximum absolute atomic E-state index is 13.1. The highest BCUT2D eigenvalue weighted by atomic mass is 32.2. The lowest BCUT2D eigenvalue weighted by Crippen LogP contribution is -2.21. The summed E-state index contributed by atoms with van der Waals surface area (Å²) in [5.41, 5.74) is 1.79. The zero-order chi connectivity index (χ0) is 24.0. The van der Waals surface area contributed by atoms with E-state index in [0.717, 1.165) is 34.6 Å². The number of esters is 1. The van der Waals surface area contributed by atoms with Crippen LogP contribution in [-0.4, -0.2) is 25.7 Å². The number of benzene rings is 2. The SMILES string of the molecule is CCOC(=O)C(C#N)=Cc1c(Sc2ccc(C)cc2)c2ccc(N(CC)CC)cc2oc1=O. The Balaban J connectivity index is 2.25. The first-order valence-electron chi connectivity index (χ1n) is 10.8. The average molecular weight is 463 g/mol. The lowest BCUT2D eigenvalue weighted by molar-refractivity contribution is -0.137. The molecule has 0 saturated heterocycles. The van der Waals surface area contributed by atoms with Crippen molar-refractivity contribution in [3.05, 3.63) is 69.6 Å². The highest BCUT2D eigenvalue weighted by molar-refractivity contribution is 7.99. The van der Waals surface area contributed by atoms with Crippen LogP contribution < -0.4 is 10.5 Å². The van der Waals surface area contributed by atoms with Crippen LogP contribution in [-0.2, 0) is 9.53 Å². The van der Waals surface area contributed by atoms with Gasteiger partial charge in [-0.15, -0.1) is 0 Å². The molecule has 1 heterocycles. The van der Waals surface area contributed by atoms with Crippen LogP contribution in [0.5, 0.6) is 0 Å². The van der Waals surface area contributed by atoms with Crippen LogP contribution in [0.2, 0.25) is 0 Å². The van der Waals surface area contributed by atoms with E-state index in [2.05, 4.69) is 18.7 Å². The molecule has 170 valence electrons. The first-order chi connectivity index (χ1) is 15.9. The van der Waals surface area contributed by atoms with Crippen molar-refractivity contribution < 1.29 is 13.9 Å². The summed E-state index contributed by atoms with van der Waals surface area (Å²) in [5, 5.41) is 10.2. The molecule has 7 heteroatoms. The number of ether oxygens (including phenoxy) is 1. The summed E-state index contributed by atoms with van der Waals surface area (Å²) in [6.07, 6.45) is 1.26. The number of rotatable bonds is 8. The van der Waals surface area contributed by atoms with Gasteiger partial charge in [-0.05, 0) is 58.0 Å². The van der Waals surface area contributed by atoms with E-state index < -0.39 is 11.6 Å². The summed E-state index contributed by atoms with van der Waals surface area (Å²) in [6.45, 7) is 9.56. The number of fused-ring (bicyclic) bond motifs is 1. The Kier molecular flexibility index (Phi) is 7.96. The maximum atomic E-state index is 13.1. The molecule has 0 N–H and O–H groups in total. The molecule has 33 heavy (non-hydrogen) atoms. The Morgan fingerprint density at radius 1 is 1.15 bits per heavy atom. The van der Waals surface area contributed by atoms with Crippen molar-refractivity contribution in [2.75, 3.05) is 24.6 Å². The molecule has 0 bridgehead atoms. The second-order valence-corrected chi connectivity index (χ2v) is 8.37. The number of hydrogen-bond acceptors (Lipinski definition) is 7. The Labute approximate surface area is 197 Å². The zero-order valence-electron chi connectivity index (χ0n) is 19.2. The van der Waals surface area contributed by atoms with Gasteiger partial charge in [0.05, 0.1) is 12.2 Å². The molecule has 0 unspecified atom stereocenters. The average Bonchev–Trinajstić information content (AvgIpc) is 2.81. The minimum Gasteiger partial charge on any atom is -0.462 e. The van der Waals surface area contributed by atoms with Crippen LogP contribution in [0.3, 0.4) is 0 Å². The molecule has 0 fully saturated rings. The Morgan fingerprint density at radius 3 is 2.45 bits per heavy atom. The molecule has 0 spiro atoms. The van der Waals surface area contributed by atoms with Crippen LogP contribution in [0.4, 0.5) is 5.69 Å². The largest absolute Gasteiger partial charge is 0.462 e. The number of nitrogens with zero attached hydrogens (tertiary/aromatic N) is 2. The number of carbonyl (C=O) groups is 1. The van der Waals surface area contributed by atoms with Crippen LogP contribution in [0, 0.1) is 18.3 Å². The van der Waals surface area contributed by atoms with E-state index in [-0.39, 0.29) is 17.7 Å². The molecule has 3 aromatic rings. The lowest BCUT2D eigenvalue weighted by Gasteiger charge is -2.21. The van der Waals surface area contributed by atoms with E-state index in [4.69, 9.17) is 9.15 Å². The molecule has 0 saturated carbocycles. The van der Waals surface area contributed by atoms with Crippen molar-refractivity contribution in [1.82, 2.24) is 0 Å². The fourth-order valence-electron chi connectivity index (χ4n) is 3.41. The van der Waals surface area contributed by atoms with Crippen LogP contribution in [0.1, 0.15) is 31.9 Å². The lowest BCUT2D eigenvalue weighted by atomic mass is 10.1. The molecular formula is C26H26N2O4S. The predicted octanol–water partition coefficient (Wildman–Crippen LogP) is 5.57. The van der Waals surface area contributed by atoms with Crippen molar-refractivity contribution in [2.45, 2.75) is 37.5 Å². The van der Waals surface area contributed by atoms with Crippen LogP contribution in [0.25, 0.3) is 17.0 Å². The predicted molar refractivity (Wildman–Crippen MR) is 132 cm³/mol. The topological polar surface area (TPSA) is 83.5 Å². The molecule has 3 rings (SSSR count). The normalized spacial score (nSPS) is 11.3. The standard InChI is InChI=1S/C26H26N2O4S/c1-5-28(6-2)19-10-13-21-23(15-19)32-26(30)22(14-18(16-27)25(29)31-7-3)24(21)33-20-11-8-17(4)9-12-20/h8-15H,5-7H2,1-4H3. The smallest absolute Gasteiger partial charge is 0.348 e. The van der Waals surface area contributed by atoms with Gasteiger partial charge < -0.3 is 14.1 Å². The van der Waals surface area contributed by atoms with E-state index in [9.17, 15) is 14.9 Å². The van der Waals surface area contributed by atoms with E-state index in [1.54, 1.807) is 6.92 Å². The minimum atomic E-state index is -0.775. The highest BCUT2D eigenvalue weighted by Crippen LogP contribution is 2.37. The quantitative estimate of drug-likeness (QED) is 0.187. The highest BCUT2D eigenvalue weighted by Gasteiger charge is 2.19. The molecule has 0 aliphatic heterocycles. The van der Waals surface area contributed by atoms with Gasteiger partial charge in [0.2, 0.25) is 0 Å². The summed E-state index contributed by atoms with van der Waals surface area (Å²) >= 11 is 1.39. The van der Waals surface area contributed by atoms with Crippen molar-refractivity contribution in [2.24, 2.45) is 0 Å². The molecule has 6 nitrogen and oxygen atoms in total. The van der Waals surface area contributed by atoms with Gasteiger partial charge in [0.25, 0.3) is 0 Å². The van der Waals surface area contributed by atoms with Gasteiger partial charge in [0.1, 0.15) is 17.2 Å². The molecule has 0 radical (unpaired) electrons. The van der Waals surface area contributed by atoms with E-state index in [1.165, 1.54) is 17.8 Å². The minimum absolute atomic E-state index is 0.128. The van der Waals surface area contributed by atoms with Crippen molar-refractivity contribution >= 4 is 40.5 Å². The zero-order valence-corrected chi connectivity index (χ0v) is 20.0. The van der Waals surface area contributed by atoms with Gasteiger partial charge in [-0.1, -0.05) is 29.5 Å². The summed E-state index contributed by atoms with van der Waals surface area (Å²) < 4.78 is 10.6. The molecule has 0 atom stereocenters. The third kappa shape index (κ3) is 5.47. The van der Waals surface area contributed by atoms with Crippen molar-refractivity contribution in [3.8, 4) is 6.07 Å². The molecular weight excluding hydrogens is 436 g/mol. The van der Waals surface area contributed by atoms with E-state index in [1.807, 2.05) is 55.5 Å². The second kappa shape index (κ2) is 10.9. The van der Waals surface area contributed by atoms with Crippen LogP contribution in [0.15, 0.2) is 67.0 Å². The number of hydrogen-bond donors (Lipinski definition) is 0. The number of carbonyl (C=O) groups excluding carboxylic acids is 1. The Morgan fingerprint density at radius 2 is 1.85 bits per heavy atom. The van der Waals surface area contributed by atoms with Gasteiger partial charge >= 0.3 is 11.6 Å². The van der Waals surface area contributed by atoms with Gasteiger partial charge in [-0.25, -0.2) is 9.59 Å².